The van der Waals surface area contributed by atoms with Crippen molar-refractivity contribution in [2.24, 2.45) is 10.4 Å². The van der Waals surface area contributed by atoms with Crippen molar-refractivity contribution >= 4 is 27.6 Å². The van der Waals surface area contributed by atoms with Gasteiger partial charge in [0.15, 0.2) is 0 Å². The molecule has 1 aliphatic rings. The van der Waals surface area contributed by atoms with Crippen molar-refractivity contribution in [1.82, 2.24) is 15.0 Å². The maximum Gasteiger partial charge on any atom is 0.116 e. The third-order valence-electron chi connectivity index (χ3n) is 4.95. The molecule has 3 aromatic rings. The zero-order valence-corrected chi connectivity index (χ0v) is 14.8. The second-order valence-electron chi connectivity index (χ2n) is 7.67. The summed E-state index contributed by atoms with van der Waals surface area (Å²) in [6.07, 6.45) is 3.88. The summed E-state index contributed by atoms with van der Waals surface area (Å²) < 4.78 is 0. The predicted octanol–water partition coefficient (Wildman–Crippen LogP) is 4.65. The zero-order chi connectivity index (χ0) is 16.9. The van der Waals surface area contributed by atoms with Gasteiger partial charge < -0.3 is 4.98 Å². The van der Waals surface area contributed by atoms with Crippen LogP contribution in [-0.4, -0.2) is 27.2 Å². The van der Waals surface area contributed by atoms with Gasteiger partial charge in [0, 0.05) is 29.3 Å². The Morgan fingerprint density at radius 1 is 1.25 bits per heavy atom. The van der Waals surface area contributed by atoms with Gasteiger partial charge in [0.25, 0.3) is 0 Å². The van der Waals surface area contributed by atoms with Crippen molar-refractivity contribution in [3.63, 3.8) is 0 Å². The number of hydrogen-bond donors (Lipinski definition) is 1. The lowest BCUT2D eigenvalue weighted by molar-refractivity contribution is 0.568. The van der Waals surface area contributed by atoms with Crippen LogP contribution >= 0.6 is 0 Å². The molecular formula is C20H24N4. The van der Waals surface area contributed by atoms with Crippen LogP contribution in [0.15, 0.2) is 29.4 Å². The van der Waals surface area contributed by atoms with Gasteiger partial charge in [0.2, 0.25) is 0 Å². The second-order valence-corrected chi connectivity index (χ2v) is 7.67. The zero-order valence-electron chi connectivity index (χ0n) is 14.8. The van der Waals surface area contributed by atoms with Crippen LogP contribution in [-0.2, 0) is 6.42 Å². The highest BCUT2D eigenvalue weighted by molar-refractivity contribution is 6.05. The van der Waals surface area contributed by atoms with Gasteiger partial charge in [-0.05, 0) is 36.6 Å². The van der Waals surface area contributed by atoms with Crippen LogP contribution in [0.1, 0.15) is 51.4 Å². The fourth-order valence-corrected chi connectivity index (χ4v) is 3.83. The van der Waals surface area contributed by atoms with Gasteiger partial charge in [0.05, 0.1) is 22.5 Å². The molecule has 3 heterocycles. The van der Waals surface area contributed by atoms with E-state index in [4.69, 9.17) is 9.98 Å². The Morgan fingerprint density at radius 3 is 2.83 bits per heavy atom. The molecule has 0 radical (unpaired) electrons. The fourth-order valence-electron chi connectivity index (χ4n) is 3.83. The first-order valence-corrected chi connectivity index (χ1v) is 8.80. The first-order chi connectivity index (χ1) is 11.5. The summed E-state index contributed by atoms with van der Waals surface area (Å²) in [4.78, 5) is 17.9. The van der Waals surface area contributed by atoms with E-state index in [9.17, 15) is 0 Å². The predicted molar refractivity (Wildman–Crippen MR) is 99.9 cm³/mol. The van der Waals surface area contributed by atoms with Gasteiger partial charge in [0.1, 0.15) is 5.82 Å². The molecule has 0 saturated heterocycles. The van der Waals surface area contributed by atoms with Crippen molar-refractivity contribution in [1.29, 1.82) is 0 Å². The number of hydrogen-bond acceptors (Lipinski definition) is 3. The van der Waals surface area contributed by atoms with Gasteiger partial charge in [-0.15, -0.1) is 0 Å². The van der Waals surface area contributed by atoms with Crippen LogP contribution in [0.2, 0.25) is 0 Å². The highest BCUT2D eigenvalue weighted by atomic mass is 15.0. The minimum absolute atomic E-state index is 0.0817. The fraction of sp³-hybridized carbons (Fsp3) is 0.450. The molecule has 0 bridgehead atoms. The summed E-state index contributed by atoms with van der Waals surface area (Å²) in [5, 5.41) is 1.14. The smallest absolute Gasteiger partial charge is 0.116 e. The van der Waals surface area contributed by atoms with Crippen LogP contribution in [0.4, 0.5) is 0 Å². The van der Waals surface area contributed by atoms with Crippen molar-refractivity contribution < 1.29 is 0 Å². The second kappa shape index (κ2) is 5.40. The molecule has 0 spiro atoms. The van der Waals surface area contributed by atoms with Crippen molar-refractivity contribution in [3.8, 4) is 0 Å². The van der Waals surface area contributed by atoms with Crippen LogP contribution in [0.25, 0.3) is 21.9 Å². The SMILES string of the molecule is CCc1cc2[nH]c(C3CCN=C3C(C)(C)C)nc2c2cccnc12. The van der Waals surface area contributed by atoms with Crippen molar-refractivity contribution in [2.45, 2.75) is 46.5 Å². The molecule has 4 rings (SSSR count). The van der Waals surface area contributed by atoms with Gasteiger partial charge in [-0.3, -0.25) is 9.98 Å². The Hall–Kier alpha value is -2.23. The molecule has 1 atom stereocenters. The number of imidazole rings is 1. The van der Waals surface area contributed by atoms with E-state index in [-0.39, 0.29) is 5.41 Å². The number of benzene rings is 1. The summed E-state index contributed by atoms with van der Waals surface area (Å²) in [5.74, 6) is 1.35. The Labute approximate surface area is 142 Å². The van der Waals surface area contributed by atoms with E-state index in [0.717, 1.165) is 47.1 Å². The third-order valence-corrected chi connectivity index (χ3v) is 4.95. The maximum absolute atomic E-state index is 4.99. The highest BCUT2D eigenvalue weighted by Gasteiger charge is 2.33. The van der Waals surface area contributed by atoms with Crippen LogP contribution < -0.4 is 0 Å². The Morgan fingerprint density at radius 2 is 2.08 bits per heavy atom. The standard InChI is InChI=1S/C20H24N4/c1-5-12-11-15-17(13-7-6-9-21-16(12)13)24-19(23-15)14-8-10-22-18(14)20(2,3)4/h6-7,9,11,14H,5,8,10H2,1-4H3,(H,23,24). The van der Waals surface area contributed by atoms with E-state index in [1.807, 2.05) is 12.3 Å². The summed E-state index contributed by atoms with van der Waals surface area (Å²) in [7, 11) is 0. The molecule has 1 N–H and O–H groups in total. The summed E-state index contributed by atoms with van der Waals surface area (Å²) in [6, 6.07) is 6.33. The summed E-state index contributed by atoms with van der Waals surface area (Å²) in [5.41, 5.74) is 5.83. The number of aromatic nitrogens is 3. The van der Waals surface area contributed by atoms with E-state index < -0.39 is 0 Å². The lowest BCUT2D eigenvalue weighted by Crippen LogP contribution is -2.25. The van der Waals surface area contributed by atoms with E-state index in [0.29, 0.717) is 5.92 Å². The molecule has 1 unspecified atom stereocenters. The van der Waals surface area contributed by atoms with E-state index in [2.05, 4.69) is 49.8 Å². The lowest BCUT2D eigenvalue weighted by atomic mass is 9.82. The molecule has 1 aromatic carbocycles. The molecule has 0 aliphatic carbocycles. The first-order valence-electron chi connectivity index (χ1n) is 8.80. The number of aryl methyl sites for hydroxylation is 1. The largest absolute Gasteiger partial charge is 0.341 e. The minimum atomic E-state index is 0.0817. The molecule has 0 saturated carbocycles. The summed E-state index contributed by atoms with van der Waals surface area (Å²) in [6.45, 7) is 9.79. The third kappa shape index (κ3) is 2.32. The van der Waals surface area contributed by atoms with Crippen LogP contribution in [0.5, 0.6) is 0 Å². The molecule has 4 heteroatoms. The average molecular weight is 320 g/mol. The molecular weight excluding hydrogens is 296 g/mol. The Balaban J connectivity index is 1.91. The minimum Gasteiger partial charge on any atom is -0.341 e. The first kappa shape index (κ1) is 15.3. The highest BCUT2D eigenvalue weighted by Crippen LogP contribution is 2.36. The Bertz CT molecular complexity index is 943. The van der Waals surface area contributed by atoms with E-state index in [1.54, 1.807) is 0 Å². The average Bonchev–Trinajstić information content (AvgIpc) is 3.20. The van der Waals surface area contributed by atoms with Crippen molar-refractivity contribution in [2.75, 3.05) is 6.54 Å². The quantitative estimate of drug-likeness (QED) is 0.747. The van der Waals surface area contributed by atoms with E-state index in [1.165, 1.54) is 11.3 Å². The summed E-state index contributed by atoms with van der Waals surface area (Å²) >= 11 is 0. The van der Waals surface area contributed by atoms with Gasteiger partial charge >= 0.3 is 0 Å². The number of nitrogens with one attached hydrogen (secondary N) is 1. The maximum atomic E-state index is 4.99. The number of fused-ring (bicyclic) bond motifs is 3. The molecule has 0 fully saturated rings. The number of pyridine rings is 1. The Kier molecular flexibility index (Phi) is 3.44. The van der Waals surface area contributed by atoms with Gasteiger partial charge in [-0.1, -0.05) is 27.7 Å². The monoisotopic (exact) mass is 320 g/mol. The van der Waals surface area contributed by atoms with Gasteiger partial charge in [-0.2, -0.15) is 0 Å². The number of nitrogens with zero attached hydrogens (tertiary/aromatic N) is 3. The number of rotatable bonds is 2. The van der Waals surface area contributed by atoms with Crippen molar-refractivity contribution in [3.05, 3.63) is 35.8 Å². The molecule has 1 aliphatic heterocycles. The molecule has 2 aromatic heterocycles. The topological polar surface area (TPSA) is 53.9 Å². The van der Waals surface area contributed by atoms with E-state index >= 15 is 0 Å². The number of aromatic amines is 1. The molecule has 4 nitrogen and oxygen atoms in total. The number of H-pyrrole nitrogens is 1. The normalized spacial score (nSPS) is 18.5. The molecule has 0 amide bonds. The van der Waals surface area contributed by atoms with Gasteiger partial charge in [-0.25, -0.2) is 4.98 Å². The van der Waals surface area contributed by atoms with Crippen LogP contribution in [0, 0.1) is 5.41 Å². The van der Waals surface area contributed by atoms with Crippen LogP contribution in [0.3, 0.4) is 0 Å². The number of aliphatic imine (C=N–C) groups is 1. The molecule has 24 heavy (non-hydrogen) atoms. The molecule has 124 valence electrons. The lowest BCUT2D eigenvalue weighted by Gasteiger charge is -2.23.